The van der Waals surface area contributed by atoms with Crippen LogP contribution in [0, 0.1) is 24.7 Å². The van der Waals surface area contributed by atoms with Crippen LogP contribution in [0.4, 0.5) is 0 Å². The van der Waals surface area contributed by atoms with E-state index in [0.717, 1.165) is 19.4 Å². The summed E-state index contributed by atoms with van der Waals surface area (Å²) < 4.78 is 5.07. The van der Waals surface area contributed by atoms with Gasteiger partial charge in [-0.1, -0.05) is 30.7 Å². The third-order valence-electron chi connectivity index (χ3n) is 6.28. The fraction of sp³-hybridized carbons (Fsp3) is 0.579. The first-order valence-corrected chi connectivity index (χ1v) is 8.47. The first-order valence-electron chi connectivity index (χ1n) is 8.47. The molecule has 0 bridgehead atoms. The van der Waals surface area contributed by atoms with Crippen molar-refractivity contribution in [3.63, 3.8) is 0 Å². The van der Waals surface area contributed by atoms with Gasteiger partial charge in [0.1, 0.15) is 0 Å². The van der Waals surface area contributed by atoms with Crippen LogP contribution in [0.2, 0.25) is 0 Å². The molecular formula is C19H23NO3. The molecule has 1 aromatic rings. The molecular weight excluding hydrogens is 290 g/mol. The zero-order valence-corrected chi connectivity index (χ0v) is 14.0. The lowest BCUT2D eigenvalue weighted by Crippen LogP contribution is -2.49. The first-order chi connectivity index (χ1) is 11.0. The predicted molar refractivity (Wildman–Crippen MR) is 85.7 cm³/mol. The number of carbonyl (C=O) groups excluding carboxylic acids is 2. The van der Waals surface area contributed by atoms with E-state index in [1.165, 1.54) is 23.8 Å². The van der Waals surface area contributed by atoms with Crippen molar-refractivity contribution in [3.05, 3.63) is 34.9 Å². The van der Waals surface area contributed by atoms with Crippen molar-refractivity contribution in [2.24, 2.45) is 17.8 Å². The number of benzene rings is 1. The standard InChI is InChI=1S/C19H23NO3/c1-11-4-5-13-6-7-20-16(21)9-15-17(18(22)23-3)12(2)10-19(15,20)14(13)8-11/h4-5,8,12,15,17H,6-7,9-10H2,1-3H3/t12-,15-,17+,19-/m0/s1. The molecule has 2 fully saturated rings. The summed E-state index contributed by atoms with van der Waals surface area (Å²) >= 11 is 0. The van der Waals surface area contributed by atoms with E-state index in [9.17, 15) is 9.59 Å². The quantitative estimate of drug-likeness (QED) is 0.748. The molecule has 4 rings (SSSR count). The number of aryl methyl sites for hydroxylation is 1. The number of carbonyl (C=O) groups is 2. The summed E-state index contributed by atoms with van der Waals surface area (Å²) in [4.78, 5) is 27.1. The number of nitrogens with zero attached hydrogens (tertiary/aromatic N) is 1. The van der Waals surface area contributed by atoms with Crippen molar-refractivity contribution >= 4 is 11.9 Å². The van der Waals surface area contributed by atoms with Crippen molar-refractivity contribution < 1.29 is 14.3 Å². The van der Waals surface area contributed by atoms with Crippen LogP contribution in [-0.4, -0.2) is 30.4 Å². The number of amides is 1. The molecule has 0 radical (unpaired) electrons. The molecule has 1 spiro atoms. The van der Waals surface area contributed by atoms with Crippen molar-refractivity contribution in [3.8, 4) is 0 Å². The molecule has 1 amide bonds. The number of rotatable bonds is 1. The zero-order chi connectivity index (χ0) is 16.4. The van der Waals surface area contributed by atoms with Gasteiger partial charge in [-0.2, -0.15) is 0 Å². The number of hydrogen-bond donors (Lipinski definition) is 0. The highest BCUT2D eigenvalue weighted by molar-refractivity contribution is 5.85. The van der Waals surface area contributed by atoms with Crippen LogP contribution < -0.4 is 0 Å². The third-order valence-corrected chi connectivity index (χ3v) is 6.28. The highest BCUT2D eigenvalue weighted by Crippen LogP contribution is 2.61. The van der Waals surface area contributed by atoms with Gasteiger partial charge < -0.3 is 9.64 Å². The van der Waals surface area contributed by atoms with Gasteiger partial charge in [-0.05, 0) is 36.8 Å². The molecule has 1 aliphatic carbocycles. The zero-order valence-electron chi connectivity index (χ0n) is 14.0. The Kier molecular flexibility index (Phi) is 3.09. The van der Waals surface area contributed by atoms with Crippen LogP contribution in [0.15, 0.2) is 18.2 Å². The molecule has 122 valence electrons. The SMILES string of the molecule is COC(=O)[C@@H]1[C@@H](C)C[C@@]23c4cc(C)ccc4CCN2C(=O)C[C@@H]13. The Bertz CT molecular complexity index is 698. The first kappa shape index (κ1) is 14.7. The second-order valence-electron chi connectivity index (χ2n) is 7.42. The van der Waals surface area contributed by atoms with Gasteiger partial charge in [0.05, 0.1) is 18.6 Å². The summed E-state index contributed by atoms with van der Waals surface area (Å²) in [6.07, 6.45) is 2.24. The topological polar surface area (TPSA) is 46.6 Å². The minimum Gasteiger partial charge on any atom is -0.469 e. The third kappa shape index (κ3) is 1.78. The molecule has 3 aliphatic rings. The van der Waals surface area contributed by atoms with Crippen LogP contribution in [-0.2, 0) is 26.3 Å². The van der Waals surface area contributed by atoms with Crippen molar-refractivity contribution in [1.29, 1.82) is 0 Å². The lowest BCUT2D eigenvalue weighted by atomic mass is 9.74. The van der Waals surface area contributed by atoms with Crippen molar-refractivity contribution in [1.82, 2.24) is 4.90 Å². The largest absolute Gasteiger partial charge is 0.469 e. The van der Waals surface area contributed by atoms with Gasteiger partial charge in [0.15, 0.2) is 0 Å². The molecule has 0 N–H and O–H groups in total. The van der Waals surface area contributed by atoms with Crippen LogP contribution in [0.25, 0.3) is 0 Å². The minimum atomic E-state index is -0.297. The fourth-order valence-electron chi connectivity index (χ4n) is 5.45. The number of fused-ring (bicyclic) bond motifs is 1. The summed E-state index contributed by atoms with van der Waals surface area (Å²) in [6, 6.07) is 6.58. The van der Waals surface area contributed by atoms with E-state index in [1.54, 1.807) is 0 Å². The molecule has 2 aliphatic heterocycles. The summed E-state index contributed by atoms with van der Waals surface area (Å²) in [5.41, 5.74) is 3.53. The Labute approximate surface area is 136 Å². The predicted octanol–water partition coefficient (Wildman–Crippen LogP) is 2.42. The summed E-state index contributed by atoms with van der Waals surface area (Å²) in [5, 5.41) is 0. The van der Waals surface area contributed by atoms with Gasteiger partial charge in [-0.25, -0.2) is 0 Å². The lowest BCUT2D eigenvalue weighted by Gasteiger charge is -2.44. The number of methoxy groups -OCH3 is 1. The van der Waals surface area contributed by atoms with E-state index >= 15 is 0 Å². The second kappa shape index (κ2) is 4.83. The maximum absolute atomic E-state index is 12.6. The van der Waals surface area contributed by atoms with E-state index in [4.69, 9.17) is 4.74 Å². The molecule has 0 aromatic heterocycles. The van der Waals surface area contributed by atoms with E-state index < -0.39 is 0 Å². The summed E-state index contributed by atoms with van der Waals surface area (Å²) in [6.45, 7) is 4.99. The Balaban J connectivity index is 1.91. The van der Waals surface area contributed by atoms with Gasteiger partial charge >= 0.3 is 5.97 Å². The Morgan fingerprint density at radius 2 is 2.17 bits per heavy atom. The Morgan fingerprint density at radius 1 is 1.39 bits per heavy atom. The number of hydrogen-bond acceptors (Lipinski definition) is 3. The summed E-state index contributed by atoms with van der Waals surface area (Å²) in [7, 11) is 1.45. The number of ether oxygens (including phenoxy) is 1. The monoisotopic (exact) mass is 313 g/mol. The van der Waals surface area contributed by atoms with Crippen LogP contribution in [0.3, 0.4) is 0 Å². The lowest BCUT2D eigenvalue weighted by molar-refractivity contribution is -0.148. The van der Waals surface area contributed by atoms with Crippen molar-refractivity contribution in [2.45, 2.75) is 38.6 Å². The molecule has 0 unspecified atom stereocenters. The maximum atomic E-state index is 12.6. The van der Waals surface area contributed by atoms with Gasteiger partial charge in [0.25, 0.3) is 0 Å². The molecule has 1 saturated heterocycles. The number of esters is 1. The minimum absolute atomic E-state index is 0.0401. The molecule has 1 saturated carbocycles. The molecule has 4 atom stereocenters. The van der Waals surface area contributed by atoms with Crippen LogP contribution in [0.5, 0.6) is 0 Å². The highest BCUT2D eigenvalue weighted by Gasteiger charge is 2.65. The average Bonchev–Trinajstić information content (AvgIpc) is 2.95. The molecule has 2 heterocycles. The van der Waals surface area contributed by atoms with Gasteiger partial charge in [0.2, 0.25) is 5.91 Å². The van der Waals surface area contributed by atoms with Gasteiger partial charge in [0, 0.05) is 18.9 Å². The smallest absolute Gasteiger partial charge is 0.309 e. The molecule has 23 heavy (non-hydrogen) atoms. The normalized spacial score (nSPS) is 34.8. The molecule has 4 nitrogen and oxygen atoms in total. The molecule has 4 heteroatoms. The Morgan fingerprint density at radius 3 is 2.91 bits per heavy atom. The van der Waals surface area contributed by atoms with E-state index in [1.807, 2.05) is 0 Å². The van der Waals surface area contributed by atoms with Gasteiger partial charge in [-0.15, -0.1) is 0 Å². The van der Waals surface area contributed by atoms with Crippen molar-refractivity contribution in [2.75, 3.05) is 13.7 Å². The summed E-state index contributed by atoms with van der Waals surface area (Å²) in [5.74, 6) is 0.130. The fourth-order valence-corrected chi connectivity index (χ4v) is 5.45. The van der Waals surface area contributed by atoms with E-state index in [0.29, 0.717) is 6.42 Å². The molecule has 1 aromatic carbocycles. The Hall–Kier alpha value is -1.84. The van der Waals surface area contributed by atoms with Crippen LogP contribution >= 0.6 is 0 Å². The van der Waals surface area contributed by atoms with E-state index in [-0.39, 0.29) is 35.2 Å². The maximum Gasteiger partial charge on any atom is 0.309 e. The second-order valence-corrected chi connectivity index (χ2v) is 7.42. The van der Waals surface area contributed by atoms with Crippen LogP contribution in [0.1, 0.15) is 36.5 Å². The van der Waals surface area contributed by atoms with E-state index in [2.05, 4.69) is 36.9 Å². The highest BCUT2D eigenvalue weighted by atomic mass is 16.5. The average molecular weight is 313 g/mol. The van der Waals surface area contributed by atoms with Gasteiger partial charge in [-0.3, -0.25) is 9.59 Å².